The summed E-state index contributed by atoms with van der Waals surface area (Å²) >= 11 is 1.47. The van der Waals surface area contributed by atoms with E-state index in [1.54, 1.807) is 24.3 Å². The van der Waals surface area contributed by atoms with E-state index in [9.17, 15) is 13.2 Å². The molecule has 1 aromatic heterocycles. The molecule has 2 aliphatic rings. The molecule has 0 bridgehead atoms. The molecule has 9 heteroatoms. The van der Waals surface area contributed by atoms with Crippen LogP contribution in [0.3, 0.4) is 0 Å². The van der Waals surface area contributed by atoms with Gasteiger partial charge in [0.15, 0.2) is 0 Å². The van der Waals surface area contributed by atoms with Crippen molar-refractivity contribution in [3.63, 3.8) is 0 Å². The fourth-order valence-electron chi connectivity index (χ4n) is 4.22. The summed E-state index contributed by atoms with van der Waals surface area (Å²) in [6.45, 7) is 2.62. The fraction of sp³-hybridized carbons (Fsp3) is 0.571. The Balaban J connectivity index is 1.32. The summed E-state index contributed by atoms with van der Waals surface area (Å²) in [5.41, 5.74) is 1.02. The van der Waals surface area contributed by atoms with Gasteiger partial charge in [-0.2, -0.15) is 4.31 Å². The van der Waals surface area contributed by atoms with Gasteiger partial charge in [-0.3, -0.25) is 4.79 Å². The monoisotopic (exact) mass is 448 g/mol. The molecule has 1 saturated carbocycles. The summed E-state index contributed by atoms with van der Waals surface area (Å²) in [7, 11) is -3.51. The molecular formula is C21H28N4O3S2. The van der Waals surface area contributed by atoms with Crippen LogP contribution in [0.25, 0.3) is 0 Å². The van der Waals surface area contributed by atoms with Gasteiger partial charge in [0.05, 0.1) is 4.90 Å². The van der Waals surface area contributed by atoms with Crippen molar-refractivity contribution < 1.29 is 13.2 Å². The number of hydrogen-bond donors (Lipinski definition) is 1. The molecule has 0 atom stereocenters. The van der Waals surface area contributed by atoms with Crippen molar-refractivity contribution in [3.05, 3.63) is 34.8 Å². The lowest BCUT2D eigenvalue weighted by atomic mass is 9.90. The van der Waals surface area contributed by atoms with Crippen LogP contribution < -0.4 is 5.32 Å². The zero-order chi connectivity index (χ0) is 21.1. The zero-order valence-electron chi connectivity index (χ0n) is 17.2. The third-order valence-electron chi connectivity index (χ3n) is 6.11. The third kappa shape index (κ3) is 4.73. The molecular weight excluding hydrogens is 420 g/mol. The first-order valence-electron chi connectivity index (χ1n) is 10.6. The highest BCUT2D eigenvalue weighted by molar-refractivity contribution is 7.89. The Morgan fingerprint density at radius 1 is 1.03 bits per heavy atom. The molecule has 1 aliphatic heterocycles. The van der Waals surface area contributed by atoms with E-state index < -0.39 is 10.0 Å². The molecule has 2 heterocycles. The Bertz CT molecular complexity index is 974. The van der Waals surface area contributed by atoms with Crippen molar-refractivity contribution in [1.29, 1.82) is 0 Å². The van der Waals surface area contributed by atoms with E-state index in [0.717, 1.165) is 23.4 Å². The van der Waals surface area contributed by atoms with E-state index in [2.05, 4.69) is 15.5 Å². The number of sulfonamides is 1. The maximum atomic E-state index is 12.8. The maximum absolute atomic E-state index is 12.8. The molecule has 0 unspecified atom stereocenters. The molecule has 2 fully saturated rings. The summed E-state index contributed by atoms with van der Waals surface area (Å²) in [6.07, 6.45) is 7.06. The first-order chi connectivity index (χ1) is 14.4. The summed E-state index contributed by atoms with van der Waals surface area (Å²) in [4.78, 5) is 13.0. The Hall–Kier alpha value is -1.84. The number of piperidine rings is 1. The average Bonchev–Trinajstić information content (AvgIpc) is 3.23. The van der Waals surface area contributed by atoms with E-state index in [4.69, 9.17) is 0 Å². The fourth-order valence-corrected chi connectivity index (χ4v) is 6.61. The lowest BCUT2D eigenvalue weighted by Gasteiger charge is -2.30. The van der Waals surface area contributed by atoms with Crippen molar-refractivity contribution in [2.75, 3.05) is 18.4 Å². The van der Waals surface area contributed by atoms with Crippen LogP contribution in [0.1, 0.15) is 61.4 Å². The van der Waals surface area contributed by atoms with Crippen LogP contribution in [0, 0.1) is 12.8 Å². The largest absolute Gasteiger partial charge is 0.300 e. The van der Waals surface area contributed by atoms with Gasteiger partial charge in [-0.1, -0.05) is 48.3 Å². The molecule has 1 aliphatic carbocycles. The van der Waals surface area contributed by atoms with Gasteiger partial charge in [0.1, 0.15) is 5.01 Å². The van der Waals surface area contributed by atoms with Gasteiger partial charge in [0, 0.05) is 24.9 Å². The van der Waals surface area contributed by atoms with E-state index in [-0.39, 0.29) is 11.8 Å². The van der Waals surface area contributed by atoms with Gasteiger partial charge in [0.25, 0.3) is 0 Å². The molecule has 162 valence electrons. The Morgan fingerprint density at radius 2 is 1.70 bits per heavy atom. The van der Waals surface area contributed by atoms with E-state index in [0.29, 0.717) is 41.9 Å². The van der Waals surface area contributed by atoms with Crippen LogP contribution in [0.2, 0.25) is 0 Å². The first kappa shape index (κ1) is 21.4. The van der Waals surface area contributed by atoms with Crippen molar-refractivity contribution in [2.45, 2.75) is 62.7 Å². The number of rotatable bonds is 5. The normalized spacial score (nSPS) is 19.6. The van der Waals surface area contributed by atoms with Gasteiger partial charge in [0.2, 0.25) is 21.1 Å². The van der Waals surface area contributed by atoms with E-state index in [1.165, 1.54) is 34.9 Å². The van der Waals surface area contributed by atoms with Gasteiger partial charge < -0.3 is 5.32 Å². The average molecular weight is 449 g/mol. The van der Waals surface area contributed by atoms with Crippen LogP contribution in [0.4, 0.5) is 5.13 Å². The topological polar surface area (TPSA) is 92.3 Å². The maximum Gasteiger partial charge on any atom is 0.243 e. The number of aryl methyl sites for hydroxylation is 1. The number of nitrogens with zero attached hydrogens (tertiary/aromatic N) is 3. The summed E-state index contributed by atoms with van der Waals surface area (Å²) < 4.78 is 27.1. The predicted octanol–water partition coefficient (Wildman–Crippen LogP) is 3.93. The molecule has 2 aromatic rings. The lowest BCUT2D eigenvalue weighted by Crippen LogP contribution is -2.41. The molecule has 1 saturated heterocycles. The minimum Gasteiger partial charge on any atom is -0.300 e. The number of anilines is 1. The molecule has 1 N–H and O–H groups in total. The van der Waals surface area contributed by atoms with Gasteiger partial charge in [-0.05, 0) is 44.7 Å². The van der Waals surface area contributed by atoms with Gasteiger partial charge in [-0.25, -0.2) is 8.42 Å². The Labute approximate surface area is 182 Å². The summed E-state index contributed by atoms with van der Waals surface area (Å²) in [5, 5.41) is 12.9. The SMILES string of the molecule is Cc1ccc(S(=O)(=O)N2CCC(C(=O)Nc3nnc(C4CCCCC4)s3)CC2)cc1. The minimum absolute atomic E-state index is 0.0891. The summed E-state index contributed by atoms with van der Waals surface area (Å²) in [5.74, 6) is 0.169. The first-order valence-corrected chi connectivity index (χ1v) is 12.9. The second kappa shape index (κ2) is 9.11. The molecule has 4 rings (SSSR count). The lowest BCUT2D eigenvalue weighted by molar-refractivity contribution is -0.120. The standard InChI is InChI=1S/C21H28N4O3S2/c1-15-7-9-18(10-8-15)30(27,28)25-13-11-16(12-14-25)19(26)22-21-24-23-20(29-21)17-5-3-2-4-6-17/h7-10,16-17H,2-6,11-14H2,1H3,(H,22,24,26). The number of carbonyl (C=O) groups excluding carboxylic acids is 1. The molecule has 7 nitrogen and oxygen atoms in total. The predicted molar refractivity (Wildman–Crippen MR) is 117 cm³/mol. The Morgan fingerprint density at radius 3 is 2.37 bits per heavy atom. The van der Waals surface area contributed by atoms with E-state index in [1.807, 2.05) is 6.92 Å². The van der Waals surface area contributed by atoms with Crippen molar-refractivity contribution in [2.24, 2.45) is 5.92 Å². The number of benzene rings is 1. The summed E-state index contributed by atoms with van der Waals surface area (Å²) in [6, 6.07) is 6.89. The second-order valence-electron chi connectivity index (χ2n) is 8.26. The van der Waals surface area contributed by atoms with Crippen LogP contribution in [-0.4, -0.2) is 41.9 Å². The van der Waals surface area contributed by atoms with Crippen LogP contribution >= 0.6 is 11.3 Å². The number of amides is 1. The quantitative estimate of drug-likeness (QED) is 0.748. The molecule has 30 heavy (non-hydrogen) atoms. The zero-order valence-corrected chi connectivity index (χ0v) is 18.8. The minimum atomic E-state index is -3.51. The third-order valence-corrected chi connectivity index (χ3v) is 9.02. The number of nitrogens with one attached hydrogen (secondary N) is 1. The molecule has 1 amide bonds. The molecule has 0 spiro atoms. The smallest absolute Gasteiger partial charge is 0.243 e. The van der Waals surface area contributed by atoms with E-state index >= 15 is 0 Å². The molecule has 0 radical (unpaired) electrons. The van der Waals surface area contributed by atoms with Gasteiger partial charge in [-0.15, -0.1) is 10.2 Å². The van der Waals surface area contributed by atoms with Crippen molar-refractivity contribution in [1.82, 2.24) is 14.5 Å². The van der Waals surface area contributed by atoms with Crippen LogP contribution in [0.5, 0.6) is 0 Å². The van der Waals surface area contributed by atoms with Crippen molar-refractivity contribution >= 4 is 32.4 Å². The second-order valence-corrected chi connectivity index (χ2v) is 11.2. The Kier molecular flexibility index (Phi) is 6.50. The number of aromatic nitrogens is 2. The van der Waals surface area contributed by atoms with Crippen LogP contribution in [-0.2, 0) is 14.8 Å². The number of hydrogen-bond acceptors (Lipinski definition) is 6. The highest BCUT2D eigenvalue weighted by Crippen LogP contribution is 2.35. The molecule has 1 aromatic carbocycles. The number of carbonyl (C=O) groups is 1. The highest BCUT2D eigenvalue weighted by Gasteiger charge is 2.32. The highest BCUT2D eigenvalue weighted by atomic mass is 32.2. The van der Waals surface area contributed by atoms with Gasteiger partial charge >= 0.3 is 0 Å². The van der Waals surface area contributed by atoms with Crippen molar-refractivity contribution in [3.8, 4) is 0 Å². The van der Waals surface area contributed by atoms with Crippen LogP contribution in [0.15, 0.2) is 29.2 Å².